The summed E-state index contributed by atoms with van der Waals surface area (Å²) in [5, 5.41) is 11.3. The molecule has 0 unspecified atom stereocenters. The van der Waals surface area contributed by atoms with E-state index in [2.05, 4.69) is 5.32 Å². The summed E-state index contributed by atoms with van der Waals surface area (Å²) in [6.07, 6.45) is 0. The lowest BCUT2D eigenvalue weighted by Gasteiger charge is -2.17. The Hall–Kier alpha value is -1.87. The highest BCUT2D eigenvalue weighted by Crippen LogP contribution is 2.14. The van der Waals surface area contributed by atoms with Gasteiger partial charge in [0.2, 0.25) is 15.9 Å². The standard InChI is InChI=1S/C13H20N2O6S/c1-4-15(5-2)22(19,20)8-12(16)14-7-10-6-11(13(17)18)9(3)21-10/h6H,4-5,7-8H2,1-3H3,(H,14,16)(H,17,18). The van der Waals surface area contributed by atoms with Gasteiger partial charge in [0.25, 0.3) is 0 Å². The molecule has 0 aliphatic rings. The van der Waals surface area contributed by atoms with Crippen molar-refractivity contribution in [3.63, 3.8) is 0 Å². The van der Waals surface area contributed by atoms with E-state index in [4.69, 9.17) is 9.52 Å². The maximum Gasteiger partial charge on any atom is 0.339 e. The number of nitrogens with one attached hydrogen (secondary N) is 1. The summed E-state index contributed by atoms with van der Waals surface area (Å²) in [6, 6.07) is 1.30. The van der Waals surface area contributed by atoms with E-state index < -0.39 is 27.7 Å². The summed E-state index contributed by atoms with van der Waals surface area (Å²) in [4.78, 5) is 22.6. The van der Waals surface area contributed by atoms with Crippen LogP contribution in [0.25, 0.3) is 0 Å². The van der Waals surface area contributed by atoms with Gasteiger partial charge < -0.3 is 14.8 Å². The van der Waals surface area contributed by atoms with Crippen molar-refractivity contribution in [1.82, 2.24) is 9.62 Å². The molecule has 8 nitrogen and oxygen atoms in total. The first-order valence-corrected chi connectivity index (χ1v) is 8.39. The molecule has 0 fully saturated rings. The molecular formula is C13H20N2O6S. The van der Waals surface area contributed by atoms with Crippen LogP contribution in [0.5, 0.6) is 0 Å². The fraction of sp³-hybridized carbons (Fsp3) is 0.538. The Morgan fingerprint density at radius 2 is 1.91 bits per heavy atom. The molecule has 124 valence electrons. The molecule has 0 atom stereocenters. The number of carbonyl (C=O) groups excluding carboxylic acids is 1. The third-order valence-electron chi connectivity index (χ3n) is 3.07. The summed E-state index contributed by atoms with van der Waals surface area (Å²) in [5.41, 5.74) is 0.0139. The van der Waals surface area contributed by atoms with Crippen LogP contribution in [0, 0.1) is 6.92 Å². The molecule has 9 heteroatoms. The zero-order valence-corrected chi connectivity index (χ0v) is 13.6. The molecule has 1 aromatic rings. The van der Waals surface area contributed by atoms with E-state index in [1.165, 1.54) is 17.3 Å². The van der Waals surface area contributed by atoms with Crippen molar-refractivity contribution >= 4 is 21.9 Å². The zero-order valence-electron chi connectivity index (χ0n) is 12.7. The first-order chi connectivity index (χ1) is 10.2. The van der Waals surface area contributed by atoms with Gasteiger partial charge in [-0.15, -0.1) is 0 Å². The fourth-order valence-electron chi connectivity index (χ4n) is 1.95. The van der Waals surface area contributed by atoms with Gasteiger partial charge in [-0.2, -0.15) is 0 Å². The number of furan rings is 1. The molecule has 0 radical (unpaired) electrons. The molecule has 1 aromatic heterocycles. The third-order valence-corrected chi connectivity index (χ3v) is 5.00. The number of hydrogen-bond acceptors (Lipinski definition) is 5. The number of aryl methyl sites for hydroxylation is 1. The van der Waals surface area contributed by atoms with E-state index in [0.717, 1.165) is 0 Å². The lowest BCUT2D eigenvalue weighted by atomic mass is 10.2. The minimum atomic E-state index is -3.65. The zero-order chi connectivity index (χ0) is 16.9. The quantitative estimate of drug-likeness (QED) is 0.719. The van der Waals surface area contributed by atoms with E-state index in [9.17, 15) is 18.0 Å². The Balaban J connectivity index is 2.64. The van der Waals surface area contributed by atoms with E-state index in [1.54, 1.807) is 13.8 Å². The van der Waals surface area contributed by atoms with Gasteiger partial charge in [0.1, 0.15) is 22.8 Å². The van der Waals surface area contributed by atoms with Crippen molar-refractivity contribution in [2.75, 3.05) is 18.8 Å². The Morgan fingerprint density at radius 3 is 2.36 bits per heavy atom. The van der Waals surface area contributed by atoms with Gasteiger partial charge in [-0.3, -0.25) is 4.79 Å². The SMILES string of the molecule is CCN(CC)S(=O)(=O)CC(=O)NCc1cc(C(=O)O)c(C)o1. The number of carbonyl (C=O) groups is 2. The van der Waals surface area contributed by atoms with Crippen LogP contribution >= 0.6 is 0 Å². The fourth-order valence-corrected chi connectivity index (χ4v) is 3.36. The van der Waals surface area contributed by atoms with Gasteiger partial charge in [0.05, 0.1) is 6.54 Å². The topological polar surface area (TPSA) is 117 Å². The van der Waals surface area contributed by atoms with Crippen molar-refractivity contribution in [2.45, 2.75) is 27.3 Å². The Morgan fingerprint density at radius 1 is 1.32 bits per heavy atom. The minimum Gasteiger partial charge on any atom is -0.478 e. The van der Waals surface area contributed by atoms with Crippen LogP contribution in [0.4, 0.5) is 0 Å². The minimum absolute atomic E-state index is 0.0139. The van der Waals surface area contributed by atoms with Gasteiger partial charge in [-0.1, -0.05) is 13.8 Å². The summed E-state index contributed by atoms with van der Waals surface area (Å²) < 4.78 is 30.2. The summed E-state index contributed by atoms with van der Waals surface area (Å²) >= 11 is 0. The second-order valence-electron chi connectivity index (χ2n) is 4.60. The Kier molecular flexibility index (Phi) is 6.12. The number of sulfonamides is 1. The van der Waals surface area contributed by atoms with E-state index in [0.29, 0.717) is 13.1 Å². The van der Waals surface area contributed by atoms with Gasteiger partial charge in [-0.05, 0) is 13.0 Å². The predicted molar refractivity (Wildman–Crippen MR) is 79.0 cm³/mol. The highest BCUT2D eigenvalue weighted by atomic mass is 32.2. The number of hydrogen-bond donors (Lipinski definition) is 2. The molecular weight excluding hydrogens is 312 g/mol. The molecule has 0 saturated carbocycles. The lowest BCUT2D eigenvalue weighted by Crippen LogP contribution is -2.39. The average Bonchev–Trinajstić information content (AvgIpc) is 2.78. The lowest BCUT2D eigenvalue weighted by molar-refractivity contribution is -0.118. The largest absolute Gasteiger partial charge is 0.478 e. The molecule has 0 aliphatic carbocycles. The molecule has 0 aliphatic heterocycles. The van der Waals surface area contributed by atoms with Crippen LogP contribution in [-0.2, 0) is 21.4 Å². The third kappa shape index (κ3) is 4.57. The number of aromatic carboxylic acids is 1. The van der Waals surface area contributed by atoms with Crippen molar-refractivity contribution in [3.05, 3.63) is 23.2 Å². The average molecular weight is 332 g/mol. The first-order valence-electron chi connectivity index (χ1n) is 6.78. The second kappa shape index (κ2) is 7.41. The summed E-state index contributed by atoms with van der Waals surface area (Å²) in [6.45, 7) is 5.41. The van der Waals surface area contributed by atoms with E-state index in [1.807, 2.05) is 0 Å². The molecule has 0 bridgehead atoms. The van der Waals surface area contributed by atoms with Crippen molar-refractivity contribution in [1.29, 1.82) is 0 Å². The summed E-state index contributed by atoms with van der Waals surface area (Å²) in [7, 11) is -3.65. The number of carboxylic acid groups (broad SMARTS) is 1. The predicted octanol–water partition coefficient (Wildman–Crippen LogP) is 0.574. The Bertz CT molecular complexity index is 645. The number of amides is 1. The van der Waals surface area contributed by atoms with Crippen molar-refractivity contribution < 1.29 is 27.5 Å². The maximum atomic E-state index is 11.9. The molecule has 1 heterocycles. The molecule has 22 heavy (non-hydrogen) atoms. The van der Waals surface area contributed by atoms with Gasteiger partial charge in [-0.25, -0.2) is 17.5 Å². The molecule has 0 saturated heterocycles. The second-order valence-corrected chi connectivity index (χ2v) is 6.57. The molecule has 0 spiro atoms. The van der Waals surface area contributed by atoms with E-state index in [-0.39, 0.29) is 23.6 Å². The van der Waals surface area contributed by atoms with E-state index >= 15 is 0 Å². The van der Waals surface area contributed by atoms with Crippen molar-refractivity contribution in [2.24, 2.45) is 0 Å². The van der Waals surface area contributed by atoms with Crippen LogP contribution in [0.15, 0.2) is 10.5 Å². The smallest absolute Gasteiger partial charge is 0.339 e. The number of carboxylic acids is 1. The van der Waals surface area contributed by atoms with Gasteiger partial charge >= 0.3 is 5.97 Å². The van der Waals surface area contributed by atoms with Gasteiger partial charge in [0.15, 0.2) is 0 Å². The Labute approximate surface area is 129 Å². The van der Waals surface area contributed by atoms with Crippen LogP contribution < -0.4 is 5.32 Å². The monoisotopic (exact) mass is 332 g/mol. The molecule has 1 rings (SSSR count). The van der Waals surface area contributed by atoms with Crippen LogP contribution in [-0.4, -0.2) is 48.5 Å². The number of rotatable bonds is 8. The molecule has 2 N–H and O–H groups in total. The van der Waals surface area contributed by atoms with Crippen LogP contribution in [0.1, 0.15) is 35.7 Å². The highest BCUT2D eigenvalue weighted by Gasteiger charge is 2.23. The first kappa shape index (κ1) is 18.2. The maximum absolute atomic E-state index is 11.9. The highest BCUT2D eigenvalue weighted by molar-refractivity contribution is 7.89. The van der Waals surface area contributed by atoms with Gasteiger partial charge in [0, 0.05) is 13.1 Å². The molecule has 1 amide bonds. The normalized spacial score (nSPS) is 11.6. The summed E-state index contributed by atoms with van der Waals surface area (Å²) in [5.74, 6) is -1.96. The molecule has 0 aromatic carbocycles. The van der Waals surface area contributed by atoms with Crippen molar-refractivity contribution in [3.8, 4) is 0 Å². The number of nitrogens with zero attached hydrogens (tertiary/aromatic N) is 1. The van der Waals surface area contributed by atoms with Crippen LogP contribution in [0.2, 0.25) is 0 Å². The van der Waals surface area contributed by atoms with Crippen LogP contribution in [0.3, 0.4) is 0 Å².